The van der Waals surface area contributed by atoms with Crippen molar-refractivity contribution in [3.8, 4) is 0 Å². The maximum absolute atomic E-state index is 12.2. The number of piperidine rings is 1. The smallest absolute Gasteiger partial charge is 0.185 e. The van der Waals surface area contributed by atoms with Gasteiger partial charge in [0.05, 0.1) is 12.1 Å². The predicted molar refractivity (Wildman–Crippen MR) is 87.2 cm³/mol. The Kier molecular flexibility index (Phi) is 4.34. The number of nitrogens with zero attached hydrogens (tertiary/aromatic N) is 2. The zero-order valence-electron chi connectivity index (χ0n) is 12.3. The van der Waals surface area contributed by atoms with Crippen molar-refractivity contribution >= 4 is 22.3 Å². The third kappa shape index (κ3) is 3.50. The summed E-state index contributed by atoms with van der Waals surface area (Å²) in [7, 11) is 0. The lowest BCUT2D eigenvalue weighted by Gasteiger charge is -2.29. The Bertz CT molecular complexity index is 600. The first kappa shape index (κ1) is 14.3. The molecule has 0 radical (unpaired) electrons. The van der Waals surface area contributed by atoms with Crippen molar-refractivity contribution in [1.82, 2.24) is 4.98 Å². The van der Waals surface area contributed by atoms with E-state index in [2.05, 4.69) is 16.8 Å². The summed E-state index contributed by atoms with van der Waals surface area (Å²) in [5, 5.41) is 3.09. The van der Waals surface area contributed by atoms with E-state index in [-0.39, 0.29) is 5.78 Å². The number of rotatable bonds is 4. The lowest BCUT2D eigenvalue weighted by molar-refractivity contribution is 0.0992. The first-order valence-electron chi connectivity index (χ1n) is 7.50. The topological polar surface area (TPSA) is 33.2 Å². The molecule has 4 heteroatoms. The summed E-state index contributed by atoms with van der Waals surface area (Å²) < 4.78 is 0. The Labute approximate surface area is 129 Å². The number of anilines is 1. The van der Waals surface area contributed by atoms with Crippen molar-refractivity contribution in [3.63, 3.8) is 0 Å². The molecule has 110 valence electrons. The van der Waals surface area contributed by atoms with E-state index in [1.54, 1.807) is 11.3 Å². The van der Waals surface area contributed by atoms with Crippen LogP contribution in [0.2, 0.25) is 0 Å². The lowest BCUT2D eigenvalue weighted by atomic mass is 10.00. The van der Waals surface area contributed by atoms with Crippen LogP contribution in [-0.4, -0.2) is 23.9 Å². The molecule has 2 aromatic rings. The molecule has 1 aromatic carbocycles. The second-order valence-corrected chi connectivity index (χ2v) is 6.59. The van der Waals surface area contributed by atoms with Crippen LogP contribution in [-0.2, 0) is 6.42 Å². The Morgan fingerprint density at radius 1 is 1.29 bits per heavy atom. The van der Waals surface area contributed by atoms with Gasteiger partial charge >= 0.3 is 0 Å². The zero-order valence-corrected chi connectivity index (χ0v) is 13.1. The fraction of sp³-hybridized carbons (Fsp3) is 0.412. The van der Waals surface area contributed by atoms with Gasteiger partial charge in [-0.2, -0.15) is 0 Å². The molecule has 1 saturated heterocycles. The van der Waals surface area contributed by atoms with Crippen LogP contribution in [0.4, 0.5) is 5.13 Å². The molecule has 1 fully saturated rings. The molecular weight excluding hydrogens is 280 g/mol. The molecule has 2 heterocycles. The molecular formula is C17H20N2OS. The van der Waals surface area contributed by atoms with E-state index < -0.39 is 0 Å². The first-order valence-corrected chi connectivity index (χ1v) is 8.38. The Morgan fingerprint density at radius 2 is 2.00 bits per heavy atom. The number of carbonyl (C=O) groups excluding carboxylic acids is 1. The molecule has 1 aromatic heterocycles. The van der Waals surface area contributed by atoms with Gasteiger partial charge in [-0.25, -0.2) is 4.98 Å². The van der Waals surface area contributed by atoms with E-state index in [4.69, 9.17) is 0 Å². The summed E-state index contributed by atoms with van der Waals surface area (Å²) in [6.45, 7) is 4.48. The molecule has 1 aliphatic rings. The normalized spacial score (nSPS) is 16.1. The molecule has 21 heavy (non-hydrogen) atoms. The third-order valence-corrected chi connectivity index (χ3v) is 4.98. The minimum Gasteiger partial charge on any atom is -0.348 e. The molecule has 0 saturated carbocycles. The zero-order chi connectivity index (χ0) is 14.7. The van der Waals surface area contributed by atoms with E-state index in [1.807, 2.05) is 35.7 Å². The molecule has 3 nitrogen and oxygen atoms in total. The number of carbonyl (C=O) groups is 1. The van der Waals surface area contributed by atoms with Gasteiger partial charge in [0.2, 0.25) is 0 Å². The maximum atomic E-state index is 12.2. The van der Waals surface area contributed by atoms with Gasteiger partial charge in [-0.3, -0.25) is 4.79 Å². The fourth-order valence-corrected chi connectivity index (χ4v) is 3.49. The van der Waals surface area contributed by atoms with Crippen molar-refractivity contribution in [3.05, 3.63) is 47.0 Å². The number of thiazole rings is 1. The van der Waals surface area contributed by atoms with Crippen LogP contribution in [0.15, 0.2) is 35.7 Å². The quantitative estimate of drug-likeness (QED) is 0.805. The van der Waals surface area contributed by atoms with Crippen LogP contribution in [0.1, 0.15) is 35.8 Å². The van der Waals surface area contributed by atoms with E-state index in [0.29, 0.717) is 6.42 Å². The summed E-state index contributed by atoms with van der Waals surface area (Å²) in [6, 6.07) is 9.45. The summed E-state index contributed by atoms with van der Waals surface area (Å²) in [6.07, 6.45) is 2.86. The summed E-state index contributed by atoms with van der Waals surface area (Å²) in [5.41, 5.74) is 1.65. The standard InChI is InChI=1S/C17H20N2OS/c1-13-7-9-19(10-8-13)17-18-15(12-21-17)11-16(20)14-5-3-2-4-6-14/h2-6,12-13H,7-11H2,1H3. The SMILES string of the molecule is CC1CCN(c2nc(CC(=O)c3ccccc3)cs2)CC1. The highest BCUT2D eigenvalue weighted by Gasteiger charge is 2.19. The van der Waals surface area contributed by atoms with Crippen LogP contribution in [0, 0.1) is 5.92 Å². The molecule has 0 aliphatic carbocycles. The fourth-order valence-electron chi connectivity index (χ4n) is 2.61. The van der Waals surface area contributed by atoms with E-state index in [9.17, 15) is 4.79 Å². The minimum absolute atomic E-state index is 0.139. The molecule has 0 atom stereocenters. The average Bonchev–Trinajstić information content (AvgIpc) is 2.97. The van der Waals surface area contributed by atoms with Gasteiger partial charge in [-0.1, -0.05) is 37.3 Å². The van der Waals surface area contributed by atoms with Crippen molar-refractivity contribution < 1.29 is 4.79 Å². The van der Waals surface area contributed by atoms with Crippen LogP contribution < -0.4 is 4.90 Å². The lowest BCUT2D eigenvalue weighted by Crippen LogP contribution is -2.32. The third-order valence-electron chi connectivity index (χ3n) is 4.03. The Balaban J connectivity index is 1.64. The highest BCUT2D eigenvalue weighted by atomic mass is 32.1. The average molecular weight is 300 g/mol. The van der Waals surface area contributed by atoms with Crippen LogP contribution in [0.25, 0.3) is 0 Å². The summed E-state index contributed by atoms with van der Waals surface area (Å²) >= 11 is 1.66. The minimum atomic E-state index is 0.139. The molecule has 1 aliphatic heterocycles. The van der Waals surface area contributed by atoms with Gasteiger partial charge in [0.15, 0.2) is 10.9 Å². The van der Waals surface area contributed by atoms with Gasteiger partial charge in [0, 0.05) is 24.0 Å². The van der Waals surface area contributed by atoms with Gasteiger partial charge in [-0.05, 0) is 18.8 Å². The number of Topliss-reactive ketones (excluding diaryl/α,β-unsaturated/α-hetero) is 1. The molecule has 0 N–H and O–H groups in total. The number of ketones is 1. The number of benzene rings is 1. The van der Waals surface area contributed by atoms with E-state index >= 15 is 0 Å². The van der Waals surface area contributed by atoms with E-state index in [0.717, 1.165) is 35.4 Å². The molecule has 0 unspecified atom stereocenters. The van der Waals surface area contributed by atoms with Gasteiger partial charge in [0.25, 0.3) is 0 Å². The Morgan fingerprint density at radius 3 is 2.71 bits per heavy atom. The molecule has 3 rings (SSSR count). The summed E-state index contributed by atoms with van der Waals surface area (Å²) in [5.74, 6) is 0.958. The largest absolute Gasteiger partial charge is 0.348 e. The Hall–Kier alpha value is -1.68. The molecule has 0 amide bonds. The molecule has 0 bridgehead atoms. The summed E-state index contributed by atoms with van der Waals surface area (Å²) in [4.78, 5) is 19.2. The number of aromatic nitrogens is 1. The van der Waals surface area contributed by atoms with Crippen molar-refractivity contribution in [2.24, 2.45) is 5.92 Å². The second kappa shape index (κ2) is 6.39. The van der Waals surface area contributed by atoms with Crippen molar-refractivity contribution in [1.29, 1.82) is 0 Å². The van der Waals surface area contributed by atoms with Crippen LogP contribution in [0.5, 0.6) is 0 Å². The van der Waals surface area contributed by atoms with Gasteiger partial charge in [0.1, 0.15) is 0 Å². The van der Waals surface area contributed by atoms with Gasteiger partial charge in [-0.15, -0.1) is 11.3 Å². The van der Waals surface area contributed by atoms with E-state index in [1.165, 1.54) is 12.8 Å². The number of hydrogen-bond donors (Lipinski definition) is 0. The maximum Gasteiger partial charge on any atom is 0.185 e. The van der Waals surface area contributed by atoms with Crippen molar-refractivity contribution in [2.45, 2.75) is 26.2 Å². The first-order chi connectivity index (χ1) is 10.2. The predicted octanol–water partition coefficient (Wildman–Crippen LogP) is 3.80. The highest BCUT2D eigenvalue weighted by Crippen LogP contribution is 2.26. The monoisotopic (exact) mass is 300 g/mol. The van der Waals surface area contributed by atoms with Crippen LogP contribution >= 0.6 is 11.3 Å². The van der Waals surface area contributed by atoms with Crippen LogP contribution in [0.3, 0.4) is 0 Å². The van der Waals surface area contributed by atoms with Gasteiger partial charge < -0.3 is 4.90 Å². The molecule has 0 spiro atoms. The van der Waals surface area contributed by atoms with Crippen molar-refractivity contribution in [2.75, 3.05) is 18.0 Å². The highest BCUT2D eigenvalue weighted by molar-refractivity contribution is 7.13. The number of hydrogen-bond acceptors (Lipinski definition) is 4. The second-order valence-electron chi connectivity index (χ2n) is 5.76.